The molecule has 0 bridgehead atoms. The zero-order valence-corrected chi connectivity index (χ0v) is 51.3. The summed E-state index contributed by atoms with van der Waals surface area (Å²) in [4.78, 5) is 0. The monoisotopic (exact) mass is 1250 g/mol. The molecular formula is C68H104BrF9O5. The first-order chi connectivity index (χ1) is 38.3. The summed E-state index contributed by atoms with van der Waals surface area (Å²) in [5.41, 5.74) is -3.11. The van der Waals surface area contributed by atoms with Gasteiger partial charge < -0.3 is 25.2 Å². The fourth-order valence-electron chi connectivity index (χ4n) is 23.9. The molecule has 12 aliphatic rings. The van der Waals surface area contributed by atoms with Crippen molar-refractivity contribution in [2.24, 2.45) is 123 Å². The Morgan fingerprint density at radius 3 is 0.988 bits per heavy atom. The Kier molecular flexibility index (Phi) is 19.1. The molecule has 5 nitrogen and oxygen atoms in total. The Hall–Kier alpha value is -1.13. The summed E-state index contributed by atoms with van der Waals surface area (Å²) in [6.45, 7) is 20.7. The van der Waals surface area contributed by atoms with Crippen molar-refractivity contribution in [1.82, 2.24) is 0 Å². The Balaban J connectivity index is 0.000000149. The Morgan fingerprint density at radius 1 is 0.422 bits per heavy atom. The molecule has 0 radical (unpaired) electrons. The van der Waals surface area contributed by atoms with Crippen LogP contribution in [-0.4, -0.2) is 81.4 Å². The molecule has 0 aromatic carbocycles. The topological polar surface area (TPSA) is 90.2 Å². The van der Waals surface area contributed by atoms with E-state index in [1.807, 2.05) is 0 Å². The van der Waals surface area contributed by atoms with Gasteiger partial charge in [-0.2, -0.15) is 39.5 Å². The van der Waals surface area contributed by atoms with Gasteiger partial charge in [0.15, 0.2) is 16.8 Å². The van der Waals surface area contributed by atoms with Crippen LogP contribution in [0.1, 0.15) is 202 Å². The fraction of sp³-hybridized carbons (Fsp3) is 0.912. The first-order valence-electron chi connectivity index (χ1n) is 32.4. The molecule has 24 atom stereocenters. The third kappa shape index (κ3) is 11.4. The number of hydrogen-bond acceptors (Lipinski definition) is 5. The highest BCUT2D eigenvalue weighted by Crippen LogP contribution is 2.70. The molecule has 4 N–H and O–H groups in total. The van der Waals surface area contributed by atoms with Gasteiger partial charge in [0.05, 0.1) is 13.2 Å². The summed E-state index contributed by atoms with van der Waals surface area (Å²) >= 11 is 3.59. The van der Waals surface area contributed by atoms with Gasteiger partial charge in [0, 0.05) is 12.4 Å². The molecule has 12 saturated carbocycles. The minimum atomic E-state index is -4.51. The third-order valence-corrected chi connectivity index (χ3v) is 28.5. The van der Waals surface area contributed by atoms with Crippen molar-refractivity contribution < 1.29 is 64.7 Å². The second kappa shape index (κ2) is 23.9. The molecule has 12 aliphatic carbocycles. The average molecular weight is 1250 g/mol. The second-order valence-electron chi connectivity index (χ2n) is 30.8. The largest absolute Gasteiger partial charge is 0.417 e. The molecule has 0 amide bonds. The molecule has 0 spiro atoms. The molecule has 476 valence electrons. The maximum Gasteiger partial charge on any atom is 0.417 e. The number of aliphatic hydroxyl groups excluding tert-OH is 1. The van der Waals surface area contributed by atoms with E-state index in [1.54, 1.807) is 7.11 Å². The van der Waals surface area contributed by atoms with E-state index in [9.17, 15) is 59.9 Å². The zero-order chi connectivity index (χ0) is 59.5. The van der Waals surface area contributed by atoms with E-state index in [0.717, 1.165) is 94.4 Å². The van der Waals surface area contributed by atoms with Gasteiger partial charge in [-0.15, -0.1) is 0 Å². The van der Waals surface area contributed by atoms with Gasteiger partial charge in [0.1, 0.15) is 0 Å². The number of allylic oxidation sites excluding steroid dienone is 1. The molecule has 0 aliphatic heterocycles. The van der Waals surface area contributed by atoms with E-state index in [2.05, 4.69) is 56.4 Å². The van der Waals surface area contributed by atoms with Crippen LogP contribution in [0, 0.1) is 123 Å². The highest BCUT2D eigenvalue weighted by Gasteiger charge is 2.66. The smallest absolute Gasteiger partial charge is 0.392 e. The predicted molar refractivity (Wildman–Crippen MR) is 312 cm³/mol. The van der Waals surface area contributed by atoms with Crippen LogP contribution in [0.3, 0.4) is 0 Å². The summed E-state index contributed by atoms with van der Waals surface area (Å²) < 4.78 is 125. The van der Waals surface area contributed by atoms with Crippen LogP contribution in [0.25, 0.3) is 0 Å². The SMILES string of the molecule is C.C=C(CBr)[C@H]1CC[C@H]2[C@@H]3CC[C@@H]4C[C@@](O)(C(F)(F)F)CC[C@@H]4C3CC[C@]12C.C=C(CO)[C@H]1CC[C@H]2[C@@H]3CC[C@@H]4C[C@@](O)(C(F)(F)F)CC[C@@H]4C3CC[C@]12C.C=C(COC)[C@H]1CC[C@H]2[C@@H]3CC[C@@H]4C[C@@](O)(C(F)(F)F)CC[C@@H]4C3CC[C@]12C. The van der Waals surface area contributed by atoms with Crippen molar-refractivity contribution in [3.05, 3.63) is 36.5 Å². The van der Waals surface area contributed by atoms with Gasteiger partial charge in [0.2, 0.25) is 0 Å². The van der Waals surface area contributed by atoms with E-state index < -0.39 is 35.3 Å². The van der Waals surface area contributed by atoms with E-state index in [0.29, 0.717) is 120 Å². The predicted octanol–water partition coefficient (Wildman–Crippen LogP) is 18.0. The maximum atomic E-state index is 13.4. The number of rotatable bonds is 7. The van der Waals surface area contributed by atoms with Gasteiger partial charge in [-0.25, -0.2) is 0 Å². The normalized spacial score (nSPS) is 48.8. The van der Waals surface area contributed by atoms with Gasteiger partial charge in [-0.1, -0.05) is 69.4 Å². The number of aliphatic hydroxyl groups is 4. The highest BCUT2D eigenvalue weighted by molar-refractivity contribution is 9.09. The lowest BCUT2D eigenvalue weighted by molar-refractivity contribution is -0.282. The zero-order valence-electron chi connectivity index (χ0n) is 49.7. The summed E-state index contributed by atoms with van der Waals surface area (Å²) in [5, 5.41) is 41.1. The Bertz CT molecular complexity index is 2220. The molecule has 3 unspecified atom stereocenters. The number of fused-ring (bicyclic) bond motifs is 15. The van der Waals surface area contributed by atoms with Crippen LogP contribution in [0.2, 0.25) is 0 Å². The van der Waals surface area contributed by atoms with E-state index in [1.165, 1.54) is 43.3 Å². The van der Waals surface area contributed by atoms with Crippen LogP contribution >= 0.6 is 15.9 Å². The molecule has 0 saturated heterocycles. The fourth-order valence-corrected chi connectivity index (χ4v) is 24.3. The number of halogens is 10. The molecule has 12 fully saturated rings. The van der Waals surface area contributed by atoms with Crippen molar-refractivity contribution in [3.63, 3.8) is 0 Å². The standard InChI is InChI=1S/C23H35F3O2.C22H32BrF3O.C22H33F3O2.CH4/c1-14(13-28-3)19-6-7-20-18-5-4-15-12-22(27,23(24,25)26)11-9-16(15)17(18)8-10-21(19,20)2;1-13(12-23)18-5-6-19-17-4-3-14-11-21(27,22(24,25)26)10-8-15(14)16(17)7-9-20(18,19)2;1-13(12-26)18-5-6-19-17-4-3-14-11-21(27,22(23,24)25)10-8-15(14)16(17)7-9-20(18,19)2;/h15-20,27H,1,4-13H2,2-3H3;14-19,27H,1,3-12H2,2H3;14-19,26-27H,1,3-12H2,2H3;1H4/t15-,16+,17?,18-,19-,20+,21-,22-;2*14-,15+,16?,17-,18-,19+,20-,21-;/m111./s1. The van der Waals surface area contributed by atoms with E-state index in [4.69, 9.17) is 4.74 Å². The van der Waals surface area contributed by atoms with Gasteiger partial charge in [-0.3, -0.25) is 0 Å². The van der Waals surface area contributed by atoms with Gasteiger partial charge >= 0.3 is 18.5 Å². The molecule has 0 aromatic heterocycles. The number of alkyl halides is 10. The number of ether oxygens (including phenoxy) is 1. The molecule has 15 heteroatoms. The second-order valence-corrected chi connectivity index (χ2v) is 31.4. The van der Waals surface area contributed by atoms with Crippen LogP contribution in [0.15, 0.2) is 36.5 Å². The quantitative estimate of drug-likeness (QED) is 0.116. The minimum absolute atomic E-state index is 0. The first-order valence-corrected chi connectivity index (χ1v) is 33.5. The van der Waals surface area contributed by atoms with Crippen LogP contribution < -0.4 is 0 Å². The van der Waals surface area contributed by atoms with Crippen molar-refractivity contribution in [2.75, 3.05) is 25.7 Å². The molecule has 0 heterocycles. The minimum Gasteiger partial charge on any atom is -0.392 e. The summed E-state index contributed by atoms with van der Waals surface area (Å²) in [7, 11) is 1.73. The molecular weight excluding hydrogens is 1150 g/mol. The van der Waals surface area contributed by atoms with Crippen molar-refractivity contribution in [2.45, 2.75) is 237 Å². The maximum absolute atomic E-state index is 13.4. The first kappa shape index (κ1) is 66.3. The van der Waals surface area contributed by atoms with Gasteiger partial charge in [-0.05, 0) is 307 Å². The Morgan fingerprint density at radius 2 is 0.711 bits per heavy atom. The van der Waals surface area contributed by atoms with Crippen molar-refractivity contribution in [1.29, 1.82) is 0 Å². The highest BCUT2D eigenvalue weighted by atomic mass is 79.9. The van der Waals surface area contributed by atoms with Gasteiger partial charge in [0.25, 0.3) is 0 Å². The van der Waals surface area contributed by atoms with E-state index >= 15 is 0 Å². The molecule has 83 heavy (non-hydrogen) atoms. The number of methoxy groups -OCH3 is 1. The van der Waals surface area contributed by atoms with Crippen LogP contribution in [-0.2, 0) is 4.74 Å². The summed E-state index contributed by atoms with van der Waals surface area (Å²) in [6.07, 6.45) is 6.98. The van der Waals surface area contributed by atoms with Crippen LogP contribution in [0.5, 0.6) is 0 Å². The lowest BCUT2D eigenvalue weighted by Crippen LogP contribution is -2.55. The average Bonchev–Trinajstić information content (AvgIpc) is 3.43. The summed E-state index contributed by atoms with van der Waals surface area (Å²) in [6, 6.07) is 0. The van der Waals surface area contributed by atoms with Crippen LogP contribution in [0.4, 0.5) is 39.5 Å². The van der Waals surface area contributed by atoms with Crippen molar-refractivity contribution >= 4 is 15.9 Å². The summed E-state index contributed by atoms with van der Waals surface area (Å²) in [5.74, 6) is 8.15. The van der Waals surface area contributed by atoms with E-state index in [-0.39, 0.29) is 81.1 Å². The van der Waals surface area contributed by atoms with Crippen molar-refractivity contribution in [3.8, 4) is 0 Å². The lowest BCUT2D eigenvalue weighted by Gasteiger charge is -2.57. The third-order valence-electron chi connectivity index (χ3n) is 27.8. The lowest BCUT2D eigenvalue weighted by atomic mass is 9.48. The number of hydrogen-bond donors (Lipinski definition) is 4. The Labute approximate surface area is 500 Å². The molecule has 0 aromatic rings. The molecule has 12 rings (SSSR count).